The van der Waals surface area contributed by atoms with Crippen molar-refractivity contribution in [3.63, 3.8) is 0 Å². The third-order valence-corrected chi connectivity index (χ3v) is 12.9. The first-order valence-corrected chi connectivity index (χ1v) is 19.3. The molecule has 5 heterocycles. The molecule has 0 radical (unpaired) electrons. The van der Waals surface area contributed by atoms with Crippen LogP contribution in [0.2, 0.25) is 0 Å². The molecule has 3 aromatic heterocycles. The highest BCUT2D eigenvalue weighted by Crippen LogP contribution is 2.43. The van der Waals surface area contributed by atoms with E-state index in [-0.39, 0.29) is 22.2 Å². The summed E-state index contributed by atoms with van der Waals surface area (Å²) in [5.74, 6) is 3.81. The Morgan fingerprint density at radius 2 is 0.982 bits per heavy atom. The van der Waals surface area contributed by atoms with Crippen molar-refractivity contribution in [3.05, 3.63) is 115 Å². The number of nitrogens with zero attached hydrogens (tertiary/aromatic N) is 7. The number of hydrogen-bond acceptors (Lipinski definition) is 6. The number of rotatable bonds is 5. The Labute approximate surface area is 324 Å². The molecule has 0 saturated heterocycles. The Hall–Kier alpha value is -5.82. The molecule has 0 spiro atoms. The minimum atomic E-state index is -0.231. The van der Waals surface area contributed by atoms with Gasteiger partial charge in [-0.25, -0.2) is 9.97 Å². The largest absolute Gasteiger partial charge is 0.309 e. The summed E-state index contributed by atoms with van der Waals surface area (Å²) >= 11 is 0. The topological polar surface area (TPSA) is 61.9 Å². The molecule has 0 saturated carbocycles. The lowest BCUT2D eigenvalue weighted by Gasteiger charge is -2.40. The number of aromatic nitrogens is 3. The zero-order valence-electron chi connectivity index (χ0n) is 33.6. The van der Waals surface area contributed by atoms with E-state index in [9.17, 15) is 0 Å². The molecule has 7 nitrogen and oxygen atoms in total. The maximum absolute atomic E-state index is 5.26. The van der Waals surface area contributed by atoms with Crippen LogP contribution in [0.1, 0.15) is 69.2 Å². The molecule has 55 heavy (non-hydrogen) atoms. The van der Waals surface area contributed by atoms with Crippen LogP contribution in [0.15, 0.2) is 125 Å². The number of amidine groups is 2. The Morgan fingerprint density at radius 3 is 1.51 bits per heavy atom. The SMILES string of the molecule is CC1=NC(C)(C)C(C)(C)N1c1cccc(-c2ccc3c(ccc4c5ccc(-c6cccc(N7C(C)=NC(C)(C)C7(C)C)n6)cc5n(-c5ccccc5)c34)c2)n1. The van der Waals surface area contributed by atoms with Crippen molar-refractivity contribution in [1.82, 2.24) is 14.5 Å². The average Bonchev–Trinajstić information content (AvgIpc) is 3.63. The molecule has 0 aliphatic carbocycles. The van der Waals surface area contributed by atoms with Crippen LogP contribution in [-0.2, 0) is 0 Å². The van der Waals surface area contributed by atoms with Gasteiger partial charge in [-0.1, -0.05) is 66.7 Å². The molecule has 0 fully saturated rings. The highest BCUT2D eigenvalue weighted by atomic mass is 15.4. The Morgan fingerprint density at radius 1 is 0.473 bits per heavy atom. The van der Waals surface area contributed by atoms with E-state index in [2.05, 4.69) is 199 Å². The van der Waals surface area contributed by atoms with Gasteiger partial charge < -0.3 is 14.4 Å². The molecule has 4 aromatic carbocycles. The molecular weight excluding hydrogens is 675 g/mol. The number of hydrogen-bond donors (Lipinski definition) is 0. The summed E-state index contributed by atoms with van der Waals surface area (Å²) in [5.41, 5.74) is 6.60. The minimum absolute atomic E-state index is 0.211. The number of fused-ring (bicyclic) bond motifs is 5. The first-order chi connectivity index (χ1) is 26.1. The maximum Gasteiger partial charge on any atom is 0.135 e. The van der Waals surface area contributed by atoms with Gasteiger partial charge in [0, 0.05) is 33.0 Å². The lowest BCUT2D eigenvalue weighted by atomic mass is 9.83. The molecule has 9 rings (SSSR count). The third kappa shape index (κ3) is 5.15. The van der Waals surface area contributed by atoms with E-state index in [1.54, 1.807) is 0 Å². The predicted molar refractivity (Wildman–Crippen MR) is 232 cm³/mol. The van der Waals surface area contributed by atoms with Crippen molar-refractivity contribution in [3.8, 4) is 28.2 Å². The lowest BCUT2D eigenvalue weighted by molar-refractivity contribution is 0.337. The zero-order chi connectivity index (χ0) is 38.7. The summed E-state index contributed by atoms with van der Waals surface area (Å²) in [6.45, 7) is 21.9. The number of benzene rings is 4. The van der Waals surface area contributed by atoms with Gasteiger partial charge in [0.05, 0.1) is 44.6 Å². The summed E-state index contributed by atoms with van der Waals surface area (Å²) in [6, 6.07) is 41.4. The van der Waals surface area contributed by atoms with Crippen LogP contribution in [0.4, 0.5) is 11.6 Å². The van der Waals surface area contributed by atoms with Gasteiger partial charge in [-0.15, -0.1) is 0 Å². The van der Waals surface area contributed by atoms with Crippen molar-refractivity contribution in [1.29, 1.82) is 0 Å². The highest BCUT2D eigenvalue weighted by Gasteiger charge is 2.49. The van der Waals surface area contributed by atoms with Gasteiger partial charge in [0.15, 0.2) is 0 Å². The van der Waals surface area contributed by atoms with Crippen LogP contribution in [-0.4, -0.2) is 48.4 Å². The van der Waals surface area contributed by atoms with Gasteiger partial charge >= 0.3 is 0 Å². The Bertz CT molecular complexity index is 2750. The van der Waals surface area contributed by atoms with E-state index in [0.29, 0.717) is 0 Å². The van der Waals surface area contributed by atoms with Crippen molar-refractivity contribution >= 4 is 55.9 Å². The molecule has 7 aromatic rings. The fraction of sp³-hybridized carbons (Fsp3) is 0.292. The Kier molecular flexibility index (Phi) is 7.52. The molecule has 7 heteroatoms. The van der Waals surface area contributed by atoms with Crippen LogP contribution >= 0.6 is 0 Å². The molecule has 0 N–H and O–H groups in total. The molecule has 2 aliphatic rings. The van der Waals surface area contributed by atoms with Gasteiger partial charge in [-0.3, -0.25) is 9.98 Å². The summed E-state index contributed by atoms with van der Waals surface area (Å²) in [4.78, 5) is 25.1. The normalized spacial score (nSPS) is 18.4. The maximum atomic E-state index is 5.26. The van der Waals surface area contributed by atoms with Gasteiger partial charge in [0.2, 0.25) is 0 Å². The first kappa shape index (κ1) is 34.9. The lowest BCUT2D eigenvalue weighted by Crippen LogP contribution is -2.53. The van der Waals surface area contributed by atoms with Crippen LogP contribution in [0.25, 0.3) is 60.8 Å². The second kappa shape index (κ2) is 11.8. The van der Waals surface area contributed by atoms with E-state index in [1.165, 1.54) is 27.1 Å². The van der Waals surface area contributed by atoms with Crippen LogP contribution in [0, 0.1) is 0 Å². The fourth-order valence-corrected chi connectivity index (χ4v) is 8.86. The zero-order valence-corrected chi connectivity index (χ0v) is 33.6. The van der Waals surface area contributed by atoms with Gasteiger partial charge in [0.25, 0.3) is 0 Å². The third-order valence-electron chi connectivity index (χ3n) is 12.9. The number of aliphatic imine (C=N–C) groups is 2. The van der Waals surface area contributed by atoms with Crippen LogP contribution in [0.5, 0.6) is 0 Å². The van der Waals surface area contributed by atoms with Crippen LogP contribution in [0.3, 0.4) is 0 Å². The molecule has 2 aliphatic heterocycles. The van der Waals surface area contributed by atoms with Gasteiger partial charge in [-0.05, 0) is 123 Å². The van der Waals surface area contributed by atoms with E-state index in [1.807, 2.05) is 0 Å². The summed E-state index contributed by atoms with van der Waals surface area (Å²) < 4.78 is 2.42. The molecule has 0 amide bonds. The van der Waals surface area contributed by atoms with E-state index < -0.39 is 0 Å². The number of anilines is 2. The van der Waals surface area contributed by atoms with E-state index in [0.717, 1.165) is 57.0 Å². The summed E-state index contributed by atoms with van der Waals surface area (Å²) in [7, 11) is 0. The van der Waals surface area contributed by atoms with Gasteiger partial charge in [-0.2, -0.15) is 0 Å². The second-order valence-corrected chi connectivity index (χ2v) is 17.3. The number of para-hydroxylation sites is 1. The fourth-order valence-electron chi connectivity index (χ4n) is 8.86. The smallest absolute Gasteiger partial charge is 0.135 e. The van der Waals surface area contributed by atoms with Crippen LogP contribution < -0.4 is 9.80 Å². The van der Waals surface area contributed by atoms with Crippen molar-refractivity contribution in [2.45, 2.75) is 91.4 Å². The highest BCUT2D eigenvalue weighted by molar-refractivity contribution is 6.19. The van der Waals surface area contributed by atoms with Gasteiger partial charge in [0.1, 0.15) is 23.3 Å². The summed E-state index contributed by atoms with van der Waals surface area (Å²) in [6.07, 6.45) is 0. The monoisotopic (exact) mass is 723 g/mol. The van der Waals surface area contributed by atoms with Crippen molar-refractivity contribution < 1.29 is 0 Å². The van der Waals surface area contributed by atoms with Crippen molar-refractivity contribution in [2.24, 2.45) is 9.98 Å². The standard InChI is InChI=1S/C48H49N7/c1-30-51-45(3,4)47(7,8)54(30)42-20-14-18-39(49-42)33-23-25-36-32(28-33)22-27-38-37-26-24-34(29-41(37)53(44(36)38)35-16-12-11-13-17-35)40-19-15-21-43(50-40)55-31(2)52-46(5,6)48(55,9)10/h11-29H,1-10H3. The Balaban J connectivity index is 1.17. The molecule has 0 unspecified atom stereocenters. The quantitative estimate of drug-likeness (QED) is 0.177. The number of pyridine rings is 2. The van der Waals surface area contributed by atoms with Crippen molar-refractivity contribution in [2.75, 3.05) is 9.80 Å². The second-order valence-electron chi connectivity index (χ2n) is 17.3. The minimum Gasteiger partial charge on any atom is -0.309 e. The molecule has 0 bridgehead atoms. The predicted octanol–water partition coefficient (Wildman–Crippen LogP) is 11.7. The summed E-state index contributed by atoms with van der Waals surface area (Å²) in [5, 5.41) is 4.78. The molecule has 276 valence electrons. The average molecular weight is 724 g/mol. The van der Waals surface area contributed by atoms with E-state index >= 15 is 0 Å². The molecular formula is C48H49N7. The molecule has 0 atom stereocenters. The van der Waals surface area contributed by atoms with E-state index in [4.69, 9.17) is 20.0 Å². The first-order valence-electron chi connectivity index (χ1n) is 19.3.